The highest BCUT2D eigenvalue weighted by atomic mass is 32.1. The van der Waals surface area contributed by atoms with Crippen LogP contribution in [0, 0.1) is 0 Å². The predicted octanol–water partition coefficient (Wildman–Crippen LogP) is 1.67. The van der Waals surface area contributed by atoms with Crippen molar-refractivity contribution in [2.24, 2.45) is 10.7 Å². The summed E-state index contributed by atoms with van der Waals surface area (Å²) in [4.78, 5) is 42.6. The van der Waals surface area contributed by atoms with E-state index < -0.39 is 17.9 Å². The first-order valence-electron chi connectivity index (χ1n) is 11.2. The fourth-order valence-electron chi connectivity index (χ4n) is 3.94. The van der Waals surface area contributed by atoms with Crippen LogP contribution in [0.5, 0.6) is 11.5 Å². The molecule has 10 heteroatoms. The van der Waals surface area contributed by atoms with Gasteiger partial charge in [0, 0.05) is 0 Å². The number of thiazole rings is 1. The first kappa shape index (κ1) is 24.9. The minimum atomic E-state index is -0.664. The highest BCUT2D eigenvalue weighted by Crippen LogP contribution is 2.31. The maximum Gasteiger partial charge on any atom is 0.338 e. The maximum atomic E-state index is 13.6. The van der Waals surface area contributed by atoms with E-state index in [1.807, 2.05) is 30.3 Å². The number of nitrogens with two attached hydrogens (primary N) is 1. The predicted molar refractivity (Wildman–Crippen MR) is 135 cm³/mol. The zero-order valence-corrected chi connectivity index (χ0v) is 20.8. The van der Waals surface area contributed by atoms with Crippen molar-refractivity contribution in [2.45, 2.75) is 19.9 Å². The second kappa shape index (κ2) is 10.6. The Hall–Kier alpha value is -4.18. The van der Waals surface area contributed by atoms with Gasteiger partial charge in [0.2, 0.25) is 0 Å². The summed E-state index contributed by atoms with van der Waals surface area (Å²) in [5.41, 5.74) is 7.17. The second-order valence-electron chi connectivity index (χ2n) is 7.88. The van der Waals surface area contributed by atoms with Crippen LogP contribution in [0.1, 0.15) is 31.0 Å². The number of allylic oxidation sites excluding steroid dienone is 1. The third-order valence-electron chi connectivity index (χ3n) is 5.49. The number of hydrogen-bond donors (Lipinski definition) is 1. The van der Waals surface area contributed by atoms with Gasteiger partial charge in [-0.15, -0.1) is 0 Å². The fourth-order valence-corrected chi connectivity index (χ4v) is 4.98. The lowest BCUT2D eigenvalue weighted by molar-refractivity contribution is -0.139. The van der Waals surface area contributed by atoms with Crippen molar-refractivity contribution in [2.75, 3.05) is 20.3 Å². The summed E-state index contributed by atoms with van der Waals surface area (Å²) >= 11 is 1.23. The summed E-state index contributed by atoms with van der Waals surface area (Å²) in [6.45, 7) is 3.41. The molecule has 4 rings (SSSR count). The Labute approximate surface area is 210 Å². The van der Waals surface area contributed by atoms with Crippen molar-refractivity contribution in [3.8, 4) is 11.5 Å². The van der Waals surface area contributed by atoms with Gasteiger partial charge in [-0.25, -0.2) is 9.79 Å². The van der Waals surface area contributed by atoms with Gasteiger partial charge < -0.3 is 19.9 Å². The zero-order chi connectivity index (χ0) is 25.8. The van der Waals surface area contributed by atoms with Crippen LogP contribution in [0.4, 0.5) is 0 Å². The fraction of sp³-hybridized carbons (Fsp3) is 0.231. The number of primary amides is 1. The molecule has 0 saturated carbocycles. The molecule has 36 heavy (non-hydrogen) atoms. The van der Waals surface area contributed by atoms with Gasteiger partial charge >= 0.3 is 5.97 Å². The molecular formula is C26H25N3O6S. The molecule has 9 nitrogen and oxygen atoms in total. The van der Waals surface area contributed by atoms with Crippen molar-refractivity contribution < 1.29 is 23.8 Å². The van der Waals surface area contributed by atoms with Crippen LogP contribution < -0.4 is 30.1 Å². The summed E-state index contributed by atoms with van der Waals surface area (Å²) in [5.74, 6) is -0.361. The zero-order valence-electron chi connectivity index (χ0n) is 20.0. The lowest BCUT2D eigenvalue weighted by atomic mass is 9.96. The van der Waals surface area contributed by atoms with E-state index in [0.29, 0.717) is 37.7 Å². The van der Waals surface area contributed by atoms with Crippen molar-refractivity contribution in [3.05, 3.63) is 90.6 Å². The van der Waals surface area contributed by atoms with Crippen LogP contribution in [0.3, 0.4) is 0 Å². The third kappa shape index (κ3) is 4.94. The molecule has 0 saturated heterocycles. The van der Waals surface area contributed by atoms with Crippen molar-refractivity contribution in [3.63, 3.8) is 0 Å². The van der Waals surface area contributed by atoms with Crippen LogP contribution in [0.15, 0.2) is 69.6 Å². The van der Waals surface area contributed by atoms with E-state index >= 15 is 0 Å². The number of rotatable bonds is 8. The molecule has 3 aromatic rings. The van der Waals surface area contributed by atoms with Gasteiger partial charge in [-0.2, -0.15) is 0 Å². The standard InChI is InChI=1S/C26H25N3O6S/c1-4-34-25(32)22-15(2)28-26-29(23(22)17-8-6-5-7-9-17)24(31)20(36-26)13-16-10-11-18(19(12-16)33-3)35-14-21(27)30/h5-13,23H,4,14H2,1-3H3,(H2,27,30)/b20-13-. The Morgan fingerprint density at radius 2 is 1.92 bits per heavy atom. The molecule has 1 aromatic heterocycles. The Bertz CT molecular complexity index is 1520. The van der Waals surface area contributed by atoms with Gasteiger partial charge in [-0.3, -0.25) is 14.2 Å². The summed E-state index contributed by atoms with van der Waals surface area (Å²) in [7, 11) is 1.48. The molecule has 1 aliphatic heterocycles. The quantitative estimate of drug-likeness (QED) is 0.463. The van der Waals surface area contributed by atoms with E-state index in [-0.39, 0.29) is 18.8 Å². The number of benzene rings is 2. The monoisotopic (exact) mass is 507 g/mol. The topological polar surface area (TPSA) is 122 Å². The Morgan fingerprint density at radius 1 is 1.17 bits per heavy atom. The Morgan fingerprint density at radius 3 is 2.58 bits per heavy atom. The van der Waals surface area contributed by atoms with Crippen LogP contribution in [0.25, 0.3) is 6.08 Å². The molecule has 186 valence electrons. The lowest BCUT2D eigenvalue weighted by Gasteiger charge is -2.24. The van der Waals surface area contributed by atoms with Gasteiger partial charge in [0.25, 0.3) is 11.5 Å². The molecule has 0 aliphatic carbocycles. The normalized spacial score (nSPS) is 15.2. The number of fused-ring (bicyclic) bond motifs is 1. The molecule has 0 bridgehead atoms. The van der Waals surface area contributed by atoms with Crippen LogP contribution >= 0.6 is 11.3 Å². The first-order chi connectivity index (χ1) is 17.3. The van der Waals surface area contributed by atoms with Gasteiger partial charge in [0.15, 0.2) is 22.9 Å². The molecule has 0 fully saturated rings. The number of hydrogen-bond acceptors (Lipinski definition) is 8. The number of esters is 1. The van der Waals surface area contributed by atoms with Gasteiger partial charge in [0.1, 0.15) is 0 Å². The van der Waals surface area contributed by atoms with Gasteiger partial charge in [-0.05, 0) is 43.2 Å². The minimum Gasteiger partial charge on any atom is -0.493 e. The third-order valence-corrected chi connectivity index (χ3v) is 6.47. The first-order valence-corrected chi connectivity index (χ1v) is 12.0. The highest BCUT2D eigenvalue weighted by Gasteiger charge is 2.33. The average molecular weight is 508 g/mol. The molecule has 2 heterocycles. The van der Waals surface area contributed by atoms with Crippen molar-refractivity contribution >= 4 is 29.3 Å². The maximum absolute atomic E-state index is 13.6. The molecule has 0 radical (unpaired) electrons. The van der Waals surface area contributed by atoms with E-state index in [1.54, 1.807) is 38.1 Å². The number of carbonyl (C=O) groups excluding carboxylic acids is 2. The molecule has 1 atom stereocenters. The van der Waals surface area contributed by atoms with Crippen molar-refractivity contribution in [1.29, 1.82) is 0 Å². The van der Waals surface area contributed by atoms with E-state index in [1.165, 1.54) is 23.0 Å². The molecular weight excluding hydrogens is 482 g/mol. The molecule has 2 aromatic carbocycles. The van der Waals surface area contributed by atoms with Crippen molar-refractivity contribution in [1.82, 2.24) is 4.57 Å². The Kier molecular flexibility index (Phi) is 7.35. The van der Waals surface area contributed by atoms with Gasteiger partial charge in [-0.1, -0.05) is 47.7 Å². The Balaban J connectivity index is 1.84. The minimum absolute atomic E-state index is 0.211. The van der Waals surface area contributed by atoms with Gasteiger partial charge in [0.05, 0.1) is 35.6 Å². The lowest BCUT2D eigenvalue weighted by Crippen LogP contribution is -2.39. The van der Waals surface area contributed by atoms with E-state index in [0.717, 1.165) is 5.56 Å². The molecule has 2 N–H and O–H groups in total. The van der Waals surface area contributed by atoms with Crippen LogP contribution in [0.2, 0.25) is 0 Å². The largest absolute Gasteiger partial charge is 0.493 e. The summed E-state index contributed by atoms with van der Waals surface area (Å²) < 4.78 is 18.0. The summed E-state index contributed by atoms with van der Waals surface area (Å²) in [5, 5.41) is 0. The highest BCUT2D eigenvalue weighted by molar-refractivity contribution is 7.07. The SMILES string of the molecule is CCOC(=O)C1=C(C)N=c2s/c(=C\c3ccc(OCC(N)=O)c(OC)c3)c(=O)n2C1c1ccccc1. The number of aromatic nitrogens is 1. The molecule has 0 spiro atoms. The van der Waals surface area contributed by atoms with Crippen LogP contribution in [-0.4, -0.2) is 36.8 Å². The average Bonchev–Trinajstić information content (AvgIpc) is 3.16. The summed E-state index contributed by atoms with van der Waals surface area (Å²) in [6, 6.07) is 13.7. The summed E-state index contributed by atoms with van der Waals surface area (Å²) in [6.07, 6.45) is 1.72. The van der Waals surface area contributed by atoms with E-state index in [2.05, 4.69) is 4.99 Å². The smallest absolute Gasteiger partial charge is 0.338 e. The second-order valence-corrected chi connectivity index (χ2v) is 8.89. The van der Waals surface area contributed by atoms with E-state index in [4.69, 9.17) is 19.9 Å². The molecule has 1 unspecified atom stereocenters. The molecule has 1 aliphatic rings. The number of ether oxygens (including phenoxy) is 3. The van der Waals surface area contributed by atoms with Crippen LogP contribution in [-0.2, 0) is 14.3 Å². The molecule has 1 amide bonds. The number of nitrogens with zero attached hydrogens (tertiary/aromatic N) is 2. The number of methoxy groups -OCH3 is 1. The number of carbonyl (C=O) groups is 2. The van der Waals surface area contributed by atoms with E-state index in [9.17, 15) is 14.4 Å². The number of amides is 1.